The third kappa shape index (κ3) is 3.18. The number of rotatable bonds is 5. The maximum absolute atomic E-state index is 9.34. The molecule has 4 heterocycles. The number of aromatic nitrogens is 7. The molecule has 1 saturated carbocycles. The van der Waals surface area contributed by atoms with Crippen molar-refractivity contribution in [2.24, 2.45) is 13.0 Å². The zero-order valence-corrected chi connectivity index (χ0v) is 16.3. The van der Waals surface area contributed by atoms with Crippen LogP contribution in [0.15, 0.2) is 43.2 Å². The quantitative estimate of drug-likeness (QED) is 0.522. The van der Waals surface area contributed by atoms with Crippen LogP contribution in [-0.2, 0) is 7.05 Å². The minimum atomic E-state index is 0.121. The first-order valence-corrected chi connectivity index (χ1v) is 9.97. The van der Waals surface area contributed by atoms with E-state index in [1.807, 2.05) is 47.0 Å². The second kappa shape index (κ2) is 7.17. The number of nitrogens with zero attached hydrogens (tertiary/aromatic N) is 8. The molecule has 29 heavy (non-hydrogen) atoms. The zero-order valence-electron chi connectivity index (χ0n) is 16.3. The SMILES string of the molecule is Cn1cc(-c2cc3nccn3c(-c3cnn(C(CC#N)C4CCCC4)c3)n2)cn1. The fourth-order valence-electron chi connectivity index (χ4n) is 4.38. The molecule has 4 aromatic rings. The molecular weight excluding hydrogens is 364 g/mol. The maximum Gasteiger partial charge on any atom is 0.149 e. The fourth-order valence-corrected chi connectivity index (χ4v) is 4.38. The van der Waals surface area contributed by atoms with Gasteiger partial charge in [-0.3, -0.25) is 13.8 Å². The van der Waals surface area contributed by atoms with Crippen molar-refractivity contribution >= 4 is 5.65 Å². The van der Waals surface area contributed by atoms with E-state index in [1.54, 1.807) is 17.1 Å². The Bertz CT molecular complexity index is 1180. The lowest BCUT2D eigenvalue weighted by Gasteiger charge is -2.21. The lowest BCUT2D eigenvalue weighted by molar-refractivity contribution is 0.315. The zero-order chi connectivity index (χ0) is 19.8. The molecule has 4 aromatic heterocycles. The molecular formula is C21H22N8. The number of aryl methyl sites for hydroxylation is 1. The second-order valence-corrected chi connectivity index (χ2v) is 7.71. The van der Waals surface area contributed by atoms with Crippen LogP contribution >= 0.6 is 0 Å². The van der Waals surface area contributed by atoms with Crippen molar-refractivity contribution in [3.8, 4) is 28.7 Å². The predicted molar refractivity (Wildman–Crippen MR) is 108 cm³/mol. The van der Waals surface area contributed by atoms with Gasteiger partial charge in [0.15, 0.2) is 0 Å². The molecule has 1 atom stereocenters. The highest BCUT2D eigenvalue weighted by molar-refractivity contribution is 5.68. The van der Waals surface area contributed by atoms with E-state index in [1.165, 1.54) is 25.7 Å². The Kier molecular flexibility index (Phi) is 4.35. The van der Waals surface area contributed by atoms with Crippen molar-refractivity contribution < 1.29 is 0 Å². The van der Waals surface area contributed by atoms with Gasteiger partial charge in [-0.25, -0.2) is 9.97 Å². The van der Waals surface area contributed by atoms with Crippen LogP contribution < -0.4 is 0 Å². The molecule has 1 aliphatic rings. The highest BCUT2D eigenvalue weighted by atomic mass is 15.3. The molecule has 0 aromatic carbocycles. The van der Waals surface area contributed by atoms with E-state index in [0.717, 1.165) is 28.3 Å². The van der Waals surface area contributed by atoms with Gasteiger partial charge in [-0.05, 0) is 18.8 Å². The van der Waals surface area contributed by atoms with Gasteiger partial charge in [-0.2, -0.15) is 15.5 Å². The smallest absolute Gasteiger partial charge is 0.149 e. The molecule has 0 aliphatic heterocycles. The third-order valence-corrected chi connectivity index (χ3v) is 5.83. The van der Waals surface area contributed by atoms with E-state index in [-0.39, 0.29) is 6.04 Å². The molecule has 0 spiro atoms. The van der Waals surface area contributed by atoms with Crippen molar-refractivity contribution in [2.75, 3.05) is 0 Å². The summed E-state index contributed by atoms with van der Waals surface area (Å²) in [7, 11) is 1.89. The molecule has 0 N–H and O–H groups in total. The molecule has 0 saturated heterocycles. The summed E-state index contributed by atoms with van der Waals surface area (Å²) in [5.41, 5.74) is 3.51. The van der Waals surface area contributed by atoms with Gasteiger partial charge in [-0.15, -0.1) is 0 Å². The van der Waals surface area contributed by atoms with Gasteiger partial charge in [0.1, 0.15) is 11.5 Å². The van der Waals surface area contributed by atoms with Crippen molar-refractivity contribution in [3.63, 3.8) is 0 Å². The van der Waals surface area contributed by atoms with Gasteiger partial charge >= 0.3 is 0 Å². The van der Waals surface area contributed by atoms with Crippen LogP contribution in [0.5, 0.6) is 0 Å². The molecule has 1 unspecified atom stereocenters. The number of hydrogen-bond donors (Lipinski definition) is 0. The van der Waals surface area contributed by atoms with Crippen LogP contribution in [0.25, 0.3) is 28.3 Å². The Morgan fingerprint density at radius 2 is 2.00 bits per heavy atom. The van der Waals surface area contributed by atoms with Gasteiger partial charge in [0.2, 0.25) is 0 Å². The number of hydrogen-bond acceptors (Lipinski definition) is 5. The summed E-state index contributed by atoms with van der Waals surface area (Å²) in [4.78, 5) is 9.35. The van der Waals surface area contributed by atoms with Crippen LogP contribution in [0.1, 0.15) is 38.1 Å². The van der Waals surface area contributed by atoms with E-state index < -0.39 is 0 Å². The second-order valence-electron chi connectivity index (χ2n) is 7.71. The molecule has 0 bridgehead atoms. The number of imidazole rings is 1. The van der Waals surface area contributed by atoms with E-state index in [4.69, 9.17) is 4.98 Å². The first-order valence-electron chi connectivity index (χ1n) is 9.97. The minimum Gasteiger partial charge on any atom is -0.284 e. The van der Waals surface area contributed by atoms with Crippen LogP contribution in [0.3, 0.4) is 0 Å². The van der Waals surface area contributed by atoms with E-state index in [0.29, 0.717) is 12.3 Å². The van der Waals surface area contributed by atoms with Gasteiger partial charge < -0.3 is 0 Å². The average molecular weight is 386 g/mol. The molecule has 5 rings (SSSR count). The topological polar surface area (TPSA) is 89.6 Å². The highest BCUT2D eigenvalue weighted by Gasteiger charge is 2.27. The number of fused-ring (bicyclic) bond motifs is 1. The molecule has 8 nitrogen and oxygen atoms in total. The standard InChI is InChI=1S/C21H22N8/c1-27-13-16(11-24-27)18-10-20-23-8-9-28(20)21(26-18)17-12-25-29(14-17)19(6-7-22)15-4-2-3-5-15/h8-15,19H,2-6H2,1H3. The van der Waals surface area contributed by atoms with E-state index in [2.05, 4.69) is 21.3 Å². The minimum absolute atomic E-state index is 0.121. The summed E-state index contributed by atoms with van der Waals surface area (Å²) < 4.78 is 5.70. The van der Waals surface area contributed by atoms with Gasteiger partial charge in [-0.1, -0.05) is 12.8 Å². The van der Waals surface area contributed by atoms with Gasteiger partial charge in [0.25, 0.3) is 0 Å². The van der Waals surface area contributed by atoms with Gasteiger partial charge in [0.05, 0.1) is 42.2 Å². The summed E-state index contributed by atoms with van der Waals surface area (Å²) in [6.07, 6.45) is 16.6. The summed E-state index contributed by atoms with van der Waals surface area (Å²) in [5.74, 6) is 1.30. The van der Waals surface area contributed by atoms with Crippen molar-refractivity contribution in [1.29, 1.82) is 5.26 Å². The highest BCUT2D eigenvalue weighted by Crippen LogP contribution is 2.36. The summed E-state index contributed by atoms with van der Waals surface area (Å²) >= 11 is 0. The van der Waals surface area contributed by atoms with Crippen LogP contribution in [0, 0.1) is 17.2 Å². The summed E-state index contributed by atoms with van der Waals surface area (Å²) in [6, 6.07) is 4.43. The predicted octanol–water partition coefficient (Wildman–Crippen LogP) is 3.64. The Morgan fingerprint density at radius 1 is 1.17 bits per heavy atom. The van der Waals surface area contributed by atoms with Crippen molar-refractivity contribution in [2.45, 2.75) is 38.1 Å². The fraction of sp³-hybridized carbons (Fsp3) is 0.381. The largest absolute Gasteiger partial charge is 0.284 e. The summed E-state index contributed by atoms with van der Waals surface area (Å²) in [6.45, 7) is 0. The van der Waals surface area contributed by atoms with E-state index >= 15 is 0 Å². The number of nitriles is 1. The molecule has 0 radical (unpaired) electrons. The van der Waals surface area contributed by atoms with Crippen LogP contribution in [-0.4, -0.2) is 33.9 Å². The third-order valence-electron chi connectivity index (χ3n) is 5.83. The summed E-state index contributed by atoms with van der Waals surface area (Å²) in [5, 5.41) is 18.2. The maximum atomic E-state index is 9.34. The molecule has 1 aliphatic carbocycles. The average Bonchev–Trinajstić information content (AvgIpc) is 3.52. The van der Waals surface area contributed by atoms with E-state index in [9.17, 15) is 5.26 Å². The molecule has 146 valence electrons. The Balaban J connectivity index is 1.57. The molecule has 8 heteroatoms. The van der Waals surface area contributed by atoms with Crippen molar-refractivity contribution in [3.05, 3.63) is 43.2 Å². The van der Waals surface area contributed by atoms with Gasteiger partial charge in [0, 0.05) is 43.5 Å². The molecule has 1 fully saturated rings. The van der Waals surface area contributed by atoms with Crippen LogP contribution in [0.2, 0.25) is 0 Å². The monoisotopic (exact) mass is 386 g/mol. The first-order chi connectivity index (χ1) is 14.2. The Hall–Kier alpha value is -3.47. The lowest BCUT2D eigenvalue weighted by Crippen LogP contribution is -2.17. The normalized spacial score (nSPS) is 15.7. The first kappa shape index (κ1) is 17.6. The van der Waals surface area contributed by atoms with Crippen molar-refractivity contribution in [1.82, 2.24) is 33.9 Å². The molecule has 0 amide bonds. The lowest BCUT2D eigenvalue weighted by atomic mass is 9.96. The Morgan fingerprint density at radius 3 is 2.76 bits per heavy atom. The Labute approximate surface area is 168 Å². The van der Waals surface area contributed by atoms with Crippen LogP contribution in [0.4, 0.5) is 0 Å².